The van der Waals surface area contributed by atoms with Gasteiger partial charge in [0.1, 0.15) is 5.75 Å². The number of halogens is 5. The highest BCUT2D eigenvalue weighted by Crippen LogP contribution is 2.29. The number of aliphatic imine (C=N–C) groups is 1. The van der Waals surface area contributed by atoms with Crippen molar-refractivity contribution in [3.8, 4) is 5.75 Å². The molecule has 0 aliphatic rings. The Morgan fingerprint density at radius 1 is 1.10 bits per heavy atom. The maximum Gasteiger partial charge on any atom is 0.416 e. The fourth-order valence-corrected chi connectivity index (χ4v) is 2.54. The summed E-state index contributed by atoms with van der Waals surface area (Å²) in [5, 5.41) is 16.1. The van der Waals surface area contributed by atoms with Crippen molar-refractivity contribution in [2.45, 2.75) is 32.4 Å². The summed E-state index contributed by atoms with van der Waals surface area (Å²) < 4.78 is 67.0. The minimum Gasteiger partial charge on any atom is -0.435 e. The van der Waals surface area contributed by atoms with Crippen molar-refractivity contribution >= 4 is 5.96 Å². The number of nitrogens with zero attached hydrogens (tertiary/aromatic N) is 1. The molecule has 2 aromatic carbocycles. The molecule has 0 fully saturated rings. The molecule has 3 N–H and O–H groups in total. The van der Waals surface area contributed by atoms with E-state index in [2.05, 4.69) is 20.4 Å². The first-order valence-electron chi connectivity index (χ1n) is 9.10. The van der Waals surface area contributed by atoms with E-state index in [1.165, 1.54) is 30.3 Å². The van der Waals surface area contributed by atoms with Gasteiger partial charge in [0, 0.05) is 13.1 Å². The first-order valence-corrected chi connectivity index (χ1v) is 9.10. The van der Waals surface area contributed by atoms with Crippen molar-refractivity contribution in [3.05, 3.63) is 65.2 Å². The van der Waals surface area contributed by atoms with Crippen LogP contribution in [0.1, 0.15) is 29.7 Å². The Hall–Kier alpha value is -2.88. The van der Waals surface area contributed by atoms with Crippen LogP contribution in [-0.4, -0.2) is 30.8 Å². The Kier molecular flexibility index (Phi) is 8.40. The van der Waals surface area contributed by atoms with Gasteiger partial charge in [-0.15, -0.1) is 0 Å². The van der Waals surface area contributed by atoms with Crippen LogP contribution in [0.3, 0.4) is 0 Å². The number of benzene rings is 2. The molecular formula is C20H22F5N3O2. The summed E-state index contributed by atoms with van der Waals surface area (Å²) in [6.07, 6.45) is -5.40. The molecule has 0 aliphatic carbocycles. The third-order valence-corrected chi connectivity index (χ3v) is 3.97. The predicted octanol–water partition coefficient (Wildman–Crippen LogP) is 4.10. The molecule has 164 valence electrons. The summed E-state index contributed by atoms with van der Waals surface area (Å²) in [5.41, 5.74) is 0.109. The molecule has 0 saturated heterocycles. The highest BCUT2D eigenvalue weighted by Gasteiger charge is 2.30. The van der Waals surface area contributed by atoms with Gasteiger partial charge in [-0.05, 0) is 42.3 Å². The maximum absolute atomic E-state index is 12.8. The standard InChI is InChI=1S/C20H22F5N3O2/c1-2-26-19(27-11-13-4-3-5-15(10-13)20(23,24)25)28-12-17(29)14-6-8-16(9-7-14)30-18(21)22/h3-10,17-18,29H,2,11-12H2,1H3,(H2,26,27,28). The van der Waals surface area contributed by atoms with E-state index in [4.69, 9.17) is 0 Å². The van der Waals surface area contributed by atoms with Gasteiger partial charge in [0.15, 0.2) is 5.96 Å². The normalized spacial score (nSPS) is 13.3. The van der Waals surface area contributed by atoms with Crippen LogP contribution in [-0.2, 0) is 12.7 Å². The highest BCUT2D eigenvalue weighted by molar-refractivity contribution is 5.79. The SMILES string of the molecule is CCNC(=NCc1cccc(C(F)(F)F)c1)NCC(O)c1ccc(OC(F)F)cc1. The van der Waals surface area contributed by atoms with Gasteiger partial charge in [0.25, 0.3) is 0 Å². The van der Waals surface area contributed by atoms with Gasteiger partial charge in [0.2, 0.25) is 0 Å². The van der Waals surface area contributed by atoms with Crippen LogP contribution in [0.4, 0.5) is 22.0 Å². The molecule has 1 atom stereocenters. The van der Waals surface area contributed by atoms with Gasteiger partial charge in [-0.25, -0.2) is 4.99 Å². The quantitative estimate of drug-likeness (QED) is 0.335. The number of guanidine groups is 1. The van der Waals surface area contributed by atoms with E-state index < -0.39 is 24.5 Å². The second kappa shape index (κ2) is 10.8. The molecule has 5 nitrogen and oxygen atoms in total. The van der Waals surface area contributed by atoms with Gasteiger partial charge >= 0.3 is 12.8 Å². The molecule has 2 aromatic rings. The number of alkyl halides is 5. The Balaban J connectivity index is 1.98. The van der Waals surface area contributed by atoms with Crippen molar-refractivity contribution in [2.75, 3.05) is 13.1 Å². The molecule has 1 unspecified atom stereocenters. The number of nitrogens with one attached hydrogen (secondary N) is 2. The lowest BCUT2D eigenvalue weighted by atomic mass is 10.1. The van der Waals surface area contributed by atoms with Crippen LogP contribution in [0, 0.1) is 0 Å². The average Bonchev–Trinajstić information content (AvgIpc) is 2.69. The van der Waals surface area contributed by atoms with E-state index in [9.17, 15) is 27.1 Å². The summed E-state index contributed by atoms with van der Waals surface area (Å²) in [6, 6.07) is 10.4. The van der Waals surface area contributed by atoms with E-state index in [0.29, 0.717) is 23.6 Å². The molecule has 0 spiro atoms. The molecule has 0 saturated carbocycles. The topological polar surface area (TPSA) is 65.9 Å². The van der Waals surface area contributed by atoms with Crippen molar-refractivity contribution in [3.63, 3.8) is 0 Å². The average molecular weight is 431 g/mol. The van der Waals surface area contributed by atoms with Crippen LogP contribution in [0.25, 0.3) is 0 Å². The van der Waals surface area contributed by atoms with Crippen molar-refractivity contribution in [1.29, 1.82) is 0 Å². The molecule has 0 amide bonds. The van der Waals surface area contributed by atoms with E-state index in [-0.39, 0.29) is 18.8 Å². The molecule has 0 aliphatic heterocycles. The van der Waals surface area contributed by atoms with Crippen molar-refractivity contribution < 1.29 is 31.8 Å². The minimum atomic E-state index is -4.43. The second-order valence-corrected chi connectivity index (χ2v) is 6.24. The first-order chi connectivity index (χ1) is 14.2. The summed E-state index contributed by atoms with van der Waals surface area (Å²) in [7, 11) is 0. The Bertz CT molecular complexity index is 826. The highest BCUT2D eigenvalue weighted by atomic mass is 19.4. The summed E-state index contributed by atoms with van der Waals surface area (Å²) in [6.45, 7) is -0.555. The fourth-order valence-electron chi connectivity index (χ4n) is 2.54. The number of aliphatic hydroxyl groups is 1. The van der Waals surface area contributed by atoms with Gasteiger partial charge in [-0.2, -0.15) is 22.0 Å². The molecule has 0 bridgehead atoms. The van der Waals surface area contributed by atoms with Crippen LogP contribution >= 0.6 is 0 Å². The second-order valence-electron chi connectivity index (χ2n) is 6.24. The van der Waals surface area contributed by atoms with E-state index in [0.717, 1.165) is 12.1 Å². The molecule has 2 rings (SSSR count). The lowest BCUT2D eigenvalue weighted by Gasteiger charge is -2.16. The number of rotatable bonds is 8. The smallest absolute Gasteiger partial charge is 0.416 e. The summed E-state index contributed by atoms with van der Waals surface area (Å²) in [5.74, 6) is 0.288. The van der Waals surface area contributed by atoms with Gasteiger partial charge in [-0.3, -0.25) is 0 Å². The predicted molar refractivity (Wildman–Crippen MR) is 102 cm³/mol. The first kappa shape index (κ1) is 23.4. The largest absolute Gasteiger partial charge is 0.435 e. The molecule has 0 radical (unpaired) electrons. The molecule has 0 heterocycles. The lowest BCUT2D eigenvalue weighted by molar-refractivity contribution is -0.137. The van der Waals surface area contributed by atoms with E-state index in [1.807, 2.05) is 6.92 Å². The third kappa shape index (κ3) is 7.51. The van der Waals surface area contributed by atoms with Crippen LogP contribution < -0.4 is 15.4 Å². The number of hydrogen-bond donors (Lipinski definition) is 3. The van der Waals surface area contributed by atoms with Crippen LogP contribution in [0.2, 0.25) is 0 Å². The monoisotopic (exact) mass is 431 g/mol. The number of ether oxygens (including phenoxy) is 1. The molecule has 0 aromatic heterocycles. The third-order valence-electron chi connectivity index (χ3n) is 3.97. The van der Waals surface area contributed by atoms with Crippen LogP contribution in [0.5, 0.6) is 5.75 Å². The summed E-state index contributed by atoms with van der Waals surface area (Å²) in [4.78, 5) is 4.23. The number of aliphatic hydroxyl groups excluding tert-OH is 1. The Morgan fingerprint density at radius 2 is 1.80 bits per heavy atom. The van der Waals surface area contributed by atoms with Crippen LogP contribution in [0.15, 0.2) is 53.5 Å². The molecule has 30 heavy (non-hydrogen) atoms. The number of hydrogen-bond acceptors (Lipinski definition) is 3. The summed E-state index contributed by atoms with van der Waals surface area (Å²) >= 11 is 0. The minimum absolute atomic E-state index is 0.00894. The Morgan fingerprint density at radius 3 is 2.40 bits per heavy atom. The fraction of sp³-hybridized carbons (Fsp3) is 0.350. The van der Waals surface area contributed by atoms with E-state index in [1.54, 1.807) is 6.07 Å². The van der Waals surface area contributed by atoms with Crippen molar-refractivity contribution in [1.82, 2.24) is 10.6 Å². The van der Waals surface area contributed by atoms with Gasteiger partial charge in [-0.1, -0.05) is 24.3 Å². The lowest BCUT2D eigenvalue weighted by Crippen LogP contribution is -2.39. The van der Waals surface area contributed by atoms with Gasteiger partial charge < -0.3 is 20.5 Å². The zero-order valence-corrected chi connectivity index (χ0v) is 16.1. The maximum atomic E-state index is 12.8. The van der Waals surface area contributed by atoms with Crippen molar-refractivity contribution in [2.24, 2.45) is 4.99 Å². The van der Waals surface area contributed by atoms with E-state index >= 15 is 0 Å². The van der Waals surface area contributed by atoms with Gasteiger partial charge in [0.05, 0.1) is 18.2 Å². The zero-order valence-electron chi connectivity index (χ0n) is 16.1. The molecular weight excluding hydrogens is 409 g/mol. The molecule has 10 heteroatoms. The zero-order chi connectivity index (χ0) is 22.1. The Labute approximate surface area is 170 Å².